The maximum atomic E-state index is 12.8. The number of thioether (sulfide) groups is 1. The molecule has 0 N–H and O–H groups in total. The van der Waals surface area contributed by atoms with E-state index in [-0.39, 0.29) is 11.3 Å². The molecule has 3 heterocycles. The Morgan fingerprint density at radius 2 is 2.00 bits per heavy atom. The molecule has 3 aromatic rings. The minimum Gasteiger partial charge on any atom is -0.292 e. The Labute approximate surface area is 158 Å². The van der Waals surface area contributed by atoms with Crippen molar-refractivity contribution >= 4 is 50.4 Å². The third-order valence-corrected chi connectivity index (χ3v) is 7.54. The fourth-order valence-corrected chi connectivity index (χ4v) is 5.61. The molecule has 3 aromatic heterocycles. The number of aryl methyl sites for hydroxylation is 3. The molecule has 0 aliphatic carbocycles. The van der Waals surface area contributed by atoms with E-state index >= 15 is 0 Å². The quantitative estimate of drug-likeness (QED) is 0.347. The SMILES string of the molecule is CCc1ccc(C(=O)CSc2nc3sc(C)c(C)c3c(=O)n2CC)s1. The minimum atomic E-state index is -0.00584. The first kappa shape index (κ1) is 18.4. The number of ketones is 1. The average molecular weight is 393 g/mol. The van der Waals surface area contributed by atoms with Gasteiger partial charge in [-0.1, -0.05) is 18.7 Å². The fourth-order valence-electron chi connectivity index (χ4n) is 2.62. The van der Waals surface area contributed by atoms with Crippen molar-refractivity contribution in [2.75, 3.05) is 5.75 Å². The van der Waals surface area contributed by atoms with Gasteiger partial charge in [-0.3, -0.25) is 14.2 Å². The summed E-state index contributed by atoms with van der Waals surface area (Å²) in [6.45, 7) is 8.54. The number of aromatic nitrogens is 2. The van der Waals surface area contributed by atoms with Gasteiger partial charge in [-0.2, -0.15) is 0 Å². The molecule has 3 rings (SSSR count). The van der Waals surface area contributed by atoms with E-state index < -0.39 is 0 Å². The van der Waals surface area contributed by atoms with E-state index in [4.69, 9.17) is 0 Å². The second-order valence-corrected chi connectivity index (χ2v) is 9.05. The molecule has 0 unspecified atom stereocenters. The summed E-state index contributed by atoms with van der Waals surface area (Å²) in [4.78, 5) is 33.8. The lowest BCUT2D eigenvalue weighted by Crippen LogP contribution is -2.22. The zero-order valence-corrected chi connectivity index (χ0v) is 17.2. The normalized spacial score (nSPS) is 11.4. The Morgan fingerprint density at radius 1 is 1.24 bits per heavy atom. The third kappa shape index (κ3) is 3.45. The molecule has 0 spiro atoms. The van der Waals surface area contributed by atoms with Gasteiger partial charge in [0.25, 0.3) is 5.56 Å². The Balaban J connectivity index is 1.90. The van der Waals surface area contributed by atoms with Gasteiger partial charge in [0.15, 0.2) is 10.9 Å². The number of carbonyl (C=O) groups excluding carboxylic acids is 1. The maximum Gasteiger partial charge on any atom is 0.263 e. The van der Waals surface area contributed by atoms with E-state index in [9.17, 15) is 9.59 Å². The highest BCUT2D eigenvalue weighted by Gasteiger charge is 2.17. The number of nitrogens with zero attached hydrogens (tertiary/aromatic N) is 2. The molecular weight excluding hydrogens is 372 g/mol. The van der Waals surface area contributed by atoms with Crippen molar-refractivity contribution in [3.63, 3.8) is 0 Å². The molecule has 4 nitrogen and oxygen atoms in total. The Kier molecular flexibility index (Phi) is 5.46. The number of Topliss-reactive ketones (excluding diaryl/α,β-unsaturated/α-hetero) is 1. The van der Waals surface area contributed by atoms with Gasteiger partial charge in [0, 0.05) is 16.3 Å². The van der Waals surface area contributed by atoms with Crippen molar-refractivity contribution in [1.29, 1.82) is 0 Å². The lowest BCUT2D eigenvalue weighted by Gasteiger charge is -2.09. The molecule has 0 aliphatic heterocycles. The van der Waals surface area contributed by atoms with Crippen LogP contribution in [-0.2, 0) is 13.0 Å². The second-order valence-electron chi connectivity index (χ2n) is 5.74. The number of hydrogen-bond donors (Lipinski definition) is 0. The van der Waals surface area contributed by atoms with Gasteiger partial charge in [0.05, 0.1) is 16.0 Å². The Bertz CT molecular complexity index is 998. The molecule has 0 fully saturated rings. The van der Waals surface area contributed by atoms with E-state index in [0.717, 1.165) is 26.6 Å². The largest absolute Gasteiger partial charge is 0.292 e. The molecular formula is C18H20N2O2S3. The van der Waals surface area contributed by atoms with Gasteiger partial charge in [-0.05, 0) is 44.9 Å². The number of hydrogen-bond acceptors (Lipinski definition) is 6. The maximum absolute atomic E-state index is 12.8. The summed E-state index contributed by atoms with van der Waals surface area (Å²) in [5, 5.41) is 1.34. The molecule has 132 valence electrons. The van der Waals surface area contributed by atoms with E-state index in [1.807, 2.05) is 32.9 Å². The molecule has 0 saturated carbocycles. The molecule has 7 heteroatoms. The predicted octanol–water partition coefficient (Wildman–Crippen LogP) is 4.69. The molecule has 0 radical (unpaired) electrons. The van der Waals surface area contributed by atoms with Crippen molar-refractivity contribution < 1.29 is 4.79 Å². The lowest BCUT2D eigenvalue weighted by molar-refractivity contribution is 0.102. The number of rotatable bonds is 6. The summed E-state index contributed by atoms with van der Waals surface area (Å²) < 4.78 is 1.67. The van der Waals surface area contributed by atoms with Crippen LogP contribution in [0.2, 0.25) is 0 Å². The first-order valence-corrected chi connectivity index (χ1v) is 10.8. The van der Waals surface area contributed by atoms with Crippen LogP contribution in [0.25, 0.3) is 10.2 Å². The topological polar surface area (TPSA) is 52.0 Å². The Morgan fingerprint density at radius 3 is 2.64 bits per heavy atom. The number of thiophene rings is 2. The zero-order valence-electron chi connectivity index (χ0n) is 14.7. The smallest absolute Gasteiger partial charge is 0.263 e. The van der Waals surface area contributed by atoms with E-state index in [1.54, 1.807) is 27.2 Å². The molecule has 0 amide bonds. The first-order chi connectivity index (χ1) is 12.0. The lowest BCUT2D eigenvalue weighted by atomic mass is 10.2. The van der Waals surface area contributed by atoms with Gasteiger partial charge >= 0.3 is 0 Å². The molecule has 0 aromatic carbocycles. The summed E-state index contributed by atoms with van der Waals surface area (Å²) in [5.74, 6) is 0.385. The van der Waals surface area contributed by atoms with Crippen molar-refractivity contribution in [2.45, 2.75) is 45.8 Å². The van der Waals surface area contributed by atoms with Gasteiger partial charge in [-0.15, -0.1) is 22.7 Å². The van der Waals surface area contributed by atoms with E-state index in [1.165, 1.54) is 16.6 Å². The van der Waals surface area contributed by atoms with Crippen LogP contribution in [0.4, 0.5) is 0 Å². The summed E-state index contributed by atoms with van der Waals surface area (Å²) in [6.07, 6.45) is 0.940. The van der Waals surface area contributed by atoms with Gasteiger partial charge in [-0.25, -0.2) is 4.98 Å². The number of carbonyl (C=O) groups is 1. The average Bonchev–Trinajstić information content (AvgIpc) is 3.18. The summed E-state index contributed by atoms with van der Waals surface area (Å²) in [7, 11) is 0. The highest BCUT2D eigenvalue weighted by molar-refractivity contribution is 7.99. The Hall–Kier alpha value is -1.44. The fraction of sp³-hybridized carbons (Fsp3) is 0.389. The van der Waals surface area contributed by atoms with E-state index in [0.29, 0.717) is 22.8 Å². The van der Waals surface area contributed by atoms with Crippen LogP contribution in [0.1, 0.15) is 38.8 Å². The van der Waals surface area contributed by atoms with Crippen LogP contribution in [-0.4, -0.2) is 21.1 Å². The van der Waals surface area contributed by atoms with Crippen molar-refractivity contribution in [1.82, 2.24) is 9.55 Å². The second kappa shape index (κ2) is 7.43. The first-order valence-electron chi connectivity index (χ1n) is 8.21. The van der Waals surface area contributed by atoms with Crippen LogP contribution < -0.4 is 5.56 Å². The molecule has 25 heavy (non-hydrogen) atoms. The van der Waals surface area contributed by atoms with Crippen molar-refractivity contribution in [3.8, 4) is 0 Å². The summed E-state index contributed by atoms with van der Waals surface area (Å²) in [6, 6.07) is 3.90. The van der Waals surface area contributed by atoms with Crippen LogP contribution >= 0.6 is 34.4 Å². The predicted molar refractivity (Wildman–Crippen MR) is 108 cm³/mol. The van der Waals surface area contributed by atoms with Crippen molar-refractivity contribution in [3.05, 3.63) is 42.7 Å². The summed E-state index contributed by atoms with van der Waals surface area (Å²) >= 11 is 4.44. The standard InChI is InChI=1S/C18H20N2O2S3/c1-5-12-7-8-14(25-12)13(21)9-23-18-19-16-15(10(3)11(4)24-16)17(22)20(18)6-2/h7-8H,5-6,9H2,1-4H3. The molecule has 0 aliphatic rings. The van der Waals surface area contributed by atoms with Gasteiger partial charge < -0.3 is 0 Å². The van der Waals surface area contributed by atoms with Crippen LogP contribution in [0.3, 0.4) is 0 Å². The van der Waals surface area contributed by atoms with Crippen LogP contribution in [0.5, 0.6) is 0 Å². The van der Waals surface area contributed by atoms with Gasteiger partial charge in [0.2, 0.25) is 0 Å². The molecule has 0 saturated heterocycles. The van der Waals surface area contributed by atoms with Crippen LogP contribution in [0, 0.1) is 13.8 Å². The highest BCUT2D eigenvalue weighted by Crippen LogP contribution is 2.29. The monoisotopic (exact) mass is 392 g/mol. The zero-order chi connectivity index (χ0) is 18.1. The van der Waals surface area contributed by atoms with Gasteiger partial charge in [0.1, 0.15) is 4.83 Å². The molecule has 0 bridgehead atoms. The third-order valence-electron chi connectivity index (χ3n) is 4.19. The summed E-state index contributed by atoms with van der Waals surface area (Å²) in [5.41, 5.74) is 1.01. The van der Waals surface area contributed by atoms with Crippen LogP contribution in [0.15, 0.2) is 22.1 Å². The number of fused-ring (bicyclic) bond motifs is 1. The minimum absolute atomic E-state index is 0.00584. The van der Waals surface area contributed by atoms with E-state index in [2.05, 4.69) is 11.9 Å². The van der Waals surface area contributed by atoms with Crippen molar-refractivity contribution in [2.24, 2.45) is 0 Å². The highest BCUT2D eigenvalue weighted by atomic mass is 32.2. The molecule has 0 atom stereocenters.